The van der Waals surface area contributed by atoms with Gasteiger partial charge in [-0.15, -0.1) is 0 Å². The van der Waals surface area contributed by atoms with E-state index in [9.17, 15) is 28.4 Å². The minimum atomic E-state index is -3.37. The van der Waals surface area contributed by atoms with Gasteiger partial charge in [0.15, 0.2) is 6.10 Å². The normalized spacial score (nSPS) is 22.6. The molecule has 0 radical (unpaired) electrons. The summed E-state index contributed by atoms with van der Waals surface area (Å²) >= 11 is 0. The van der Waals surface area contributed by atoms with Crippen molar-refractivity contribution in [2.45, 2.75) is 37.7 Å². The number of halogens is 2. The standard InChI is InChI=1S/C25H23F2N5O5/c26-25(27)12-32(24(35)17-8-22(33)36-11-17)6-5-20(25)37-19-4-3-15(7-16(19)10-28)18-9-21(30-13-29-18)31-23(34)14-1-2-14/h3-4,7,9,13-14,17,20H,1-2,5-6,8,11-12H2,(H,29,30,31,34)/t17?,20-/m0/s1. The van der Waals surface area contributed by atoms with Gasteiger partial charge in [0.05, 0.1) is 30.1 Å². The predicted molar refractivity (Wildman–Crippen MR) is 123 cm³/mol. The molecule has 10 nitrogen and oxygen atoms in total. The number of esters is 1. The summed E-state index contributed by atoms with van der Waals surface area (Å²) in [5.74, 6) is -4.96. The minimum Gasteiger partial charge on any atom is -0.483 e. The Balaban J connectivity index is 1.27. The van der Waals surface area contributed by atoms with E-state index in [0.29, 0.717) is 17.1 Å². The molecular weight excluding hydrogens is 488 g/mol. The average molecular weight is 511 g/mol. The molecule has 0 spiro atoms. The molecule has 1 aliphatic carbocycles. The fourth-order valence-corrected chi connectivity index (χ4v) is 4.37. The molecule has 3 aliphatic rings. The molecule has 1 saturated carbocycles. The first kappa shape index (κ1) is 24.5. The smallest absolute Gasteiger partial charge is 0.306 e. The van der Waals surface area contributed by atoms with Crippen LogP contribution in [0.4, 0.5) is 14.6 Å². The highest BCUT2D eigenvalue weighted by atomic mass is 19.3. The molecule has 2 amide bonds. The van der Waals surface area contributed by atoms with Crippen LogP contribution in [0.2, 0.25) is 0 Å². The lowest BCUT2D eigenvalue weighted by molar-refractivity contribution is -0.163. The van der Waals surface area contributed by atoms with Crippen LogP contribution in [0.1, 0.15) is 31.2 Å². The zero-order valence-corrected chi connectivity index (χ0v) is 19.7. The molecule has 12 heteroatoms. The van der Waals surface area contributed by atoms with Gasteiger partial charge in [0.1, 0.15) is 30.6 Å². The van der Waals surface area contributed by atoms with E-state index < -0.39 is 36.4 Å². The third kappa shape index (κ3) is 5.35. The highest BCUT2D eigenvalue weighted by molar-refractivity contribution is 5.93. The monoisotopic (exact) mass is 511 g/mol. The Hall–Kier alpha value is -4.14. The molecule has 1 aromatic carbocycles. The summed E-state index contributed by atoms with van der Waals surface area (Å²) in [6.07, 6.45) is 1.18. The van der Waals surface area contributed by atoms with Crippen molar-refractivity contribution in [1.29, 1.82) is 5.26 Å². The molecule has 2 aromatic rings. The largest absolute Gasteiger partial charge is 0.483 e. The van der Waals surface area contributed by atoms with Crippen LogP contribution in [0.25, 0.3) is 11.3 Å². The van der Waals surface area contributed by atoms with E-state index in [0.717, 1.165) is 17.7 Å². The van der Waals surface area contributed by atoms with Crippen LogP contribution in [0.5, 0.6) is 5.75 Å². The van der Waals surface area contributed by atoms with Crippen LogP contribution in [0, 0.1) is 23.2 Å². The fraction of sp³-hybridized carbons (Fsp3) is 0.440. The Morgan fingerprint density at radius 1 is 1.19 bits per heavy atom. The number of hydrogen-bond donors (Lipinski definition) is 1. The molecule has 192 valence electrons. The van der Waals surface area contributed by atoms with Crippen molar-refractivity contribution in [2.75, 3.05) is 25.0 Å². The predicted octanol–water partition coefficient (Wildman–Crippen LogP) is 2.54. The number of hydrogen-bond acceptors (Lipinski definition) is 8. The average Bonchev–Trinajstić information content (AvgIpc) is 3.65. The van der Waals surface area contributed by atoms with Crippen molar-refractivity contribution in [2.24, 2.45) is 11.8 Å². The molecule has 1 unspecified atom stereocenters. The lowest BCUT2D eigenvalue weighted by Crippen LogP contribution is -2.56. The van der Waals surface area contributed by atoms with Crippen molar-refractivity contribution in [3.05, 3.63) is 36.2 Å². The van der Waals surface area contributed by atoms with Crippen molar-refractivity contribution in [3.8, 4) is 23.1 Å². The first-order valence-corrected chi connectivity index (χ1v) is 11.9. The Kier molecular flexibility index (Phi) is 6.45. The number of cyclic esters (lactones) is 1. The lowest BCUT2D eigenvalue weighted by Gasteiger charge is -2.39. The molecular formula is C25H23F2N5O5. The van der Waals surface area contributed by atoms with Gasteiger partial charge < -0.3 is 19.7 Å². The van der Waals surface area contributed by atoms with Gasteiger partial charge in [-0.05, 0) is 31.0 Å². The van der Waals surface area contributed by atoms with Gasteiger partial charge >= 0.3 is 11.9 Å². The van der Waals surface area contributed by atoms with Gasteiger partial charge in [-0.25, -0.2) is 18.7 Å². The summed E-state index contributed by atoms with van der Waals surface area (Å²) in [6.45, 7) is -0.921. The Morgan fingerprint density at radius 2 is 2.00 bits per heavy atom. The van der Waals surface area contributed by atoms with Crippen LogP contribution < -0.4 is 10.1 Å². The minimum absolute atomic E-state index is 0.00378. The molecule has 2 atom stereocenters. The second-order valence-electron chi connectivity index (χ2n) is 9.37. The van der Waals surface area contributed by atoms with E-state index in [2.05, 4.69) is 15.3 Å². The van der Waals surface area contributed by atoms with Crippen LogP contribution in [-0.2, 0) is 19.1 Å². The number of piperidine rings is 1. The molecule has 0 bridgehead atoms. The molecule has 3 heterocycles. The number of alkyl halides is 2. The maximum absolute atomic E-state index is 15.0. The maximum Gasteiger partial charge on any atom is 0.306 e. The summed E-state index contributed by atoms with van der Waals surface area (Å²) in [5, 5.41) is 12.4. The Morgan fingerprint density at radius 3 is 2.68 bits per heavy atom. The summed E-state index contributed by atoms with van der Waals surface area (Å²) in [5.41, 5.74) is 1.000. The summed E-state index contributed by atoms with van der Waals surface area (Å²) < 4.78 is 40.3. The van der Waals surface area contributed by atoms with Crippen molar-refractivity contribution >= 4 is 23.6 Å². The van der Waals surface area contributed by atoms with E-state index in [-0.39, 0.29) is 49.1 Å². The number of amides is 2. The zero-order valence-electron chi connectivity index (χ0n) is 19.7. The fourth-order valence-electron chi connectivity index (χ4n) is 4.37. The van der Waals surface area contributed by atoms with Gasteiger partial charge in [0, 0.05) is 30.5 Å². The molecule has 1 aromatic heterocycles. The van der Waals surface area contributed by atoms with Gasteiger partial charge in [0.2, 0.25) is 11.8 Å². The second kappa shape index (κ2) is 9.72. The van der Waals surface area contributed by atoms with Gasteiger partial charge in [-0.3, -0.25) is 14.4 Å². The van der Waals surface area contributed by atoms with Crippen molar-refractivity contribution in [1.82, 2.24) is 14.9 Å². The highest BCUT2D eigenvalue weighted by Crippen LogP contribution is 2.35. The Labute approximate surface area is 210 Å². The Bertz CT molecular complexity index is 1290. The van der Waals surface area contributed by atoms with Gasteiger partial charge in [-0.1, -0.05) is 0 Å². The first-order valence-electron chi connectivity index (χ1n) is 11.9. The third-order valence-corrected chi connectivity index (χ3v) is 6.58. The zero-order chi connectivity index (χ0) is 26.2. The van der Waals surface area contributed by atoms with Crippen LogP contribution in [-0.4, -0.2) is 64.4 Å². The van der Waals surface area contributed by atoms with Crippen molar-refractivity contribution < 1.29 is 32.6 Å². The van der Waals surface area contributed by atoms with Crippen molar-refractivity contribution in [3.63, 3.8) is 0 Å². The van der Waals surface area contributed by atoms with Crippen LogP contribution >= 0.6 is 0 Å². The number of rotatable bonds is 6. The van der Waals surface area contributed by atoms with Gasteiger partial charge in [0.25, 0.3) is 0 Å². The lowest BCUT2D eigenvalue weighted by atomic mass is 10.00. The molecule has 2 saturated heterocycles. The van der Waals surface area contributed by atoms with E-state index in [4.69, 9.17) is 9.47 Å². The number of carbonyl (C=O) groups is 3. The summed E-state index contributed by atoms with van der Waals surface area (Å²) in [7, 11) is 0. The number of benzene rings is 1. The molecule has 5 rings (SSSR count). The second-order valence-corrected chi connectivity index (χ2v) is 9.37. The maximum atomic E-state index is 15.0. The molecule has 3 fully saturated rings. The first-order chi connectivity index (χ1) is 17.7. The van der Waals surface area contributed by atoms with E-state index >= 15 is 0 Å². The molecule has 2 aliphatic heterocycles. The molecule has 37 heavy (non-hydrogen) atoms. The molecule has 1 N–H and O–H groups in total. The number of ether oxygens (including phenoxy) is 2. The SMILES string of the molecule is N#Cc1cc(-c2cc(NC(=O)C3CC3)ncn2)ccc1O[C@H]1CCN(C(=O)C2COC(=O)C2)CC1(F)F. The topological polar surface area (TPSA) is 135 Å². The van der Waals surface area contributed by atoms with E-state index in [1.807, 2.05) is 6.07 Å². The summed E-state index contributed by atoms with van der Waals surface area (Å²) in [4.78, 5) is 45.1. The number of aromatic nitrogens is 2. The number of likely N-dealkylation sites (tertiary alicyclic amines) is 1. The number of carbonyl (C=O) groups excluding carboxylic acids is 3. The van der Waals surface area contributed by atoms with Crippen LogP contribution in [0.15, 0.2) is 30.6 Å². The van der Waals surface area contributed by atoms with E-state index in [1.165, 1.54) is 18.5 Å². The van der Waals surface area contributed by atoms with Gasteiger partial charge in [-0.2, -0.15) is 5.26 Å². The number of nitrogens with zero attached hydrogens (tertiary/aromatic N) is 4. The van der Waals surface area contributed by atoms with E-state index in [1.54, 1.807) is 12.1 Å². The van der Waals surface area contributed by atoms with Crippen LogP contribution in [0.3, 0.4) is 0 Å². The summed E-state index contributed by atoms with van der Waals surface area (Å²) in [6, 6.07) is 8.01. The highest BCUT2D eigenvalue weighted by Gasteiger charge is 2.49. The number of anilines is 1. The number of nitrogens with one attached hydrogen (secondary N) is 1. The third-order valence-electron chi connectivity index (χ3n) is 6.58. The quantitative estimate of drug-likeness (QED) is 0.585. The number of nitriles is 1.